The van der Waals surface area contributed by atoms with Crippen LogP contribution in [0.15, 0.2) is 58.4 Å². The minimum absolute atomic E-state index is 0.682. The van der Waals surface area contributed by atoms with Gasteiger partial charge in [-0.1, -0.05) is 43.2 Å². The van der Waals surface area contributed by atoms with Crippen molar-refractivity contribution in [1.29, 1.82) is 0 Å². The second-order valence-corrected chi connectivity index (χ2v) is 8.64. The molecule has 1 saturated heterocycles. The minimum Gasteiger partial charge on any atom is -0.366 e. The molecule has 1 fully saturated rings. The molecule has 3 aliphatic carbocycles. The maximum atomic E-state index is 2.67. The Balaban J connectivity index is 1.68. The molecule has 0 radical (unpaired) electrons. The SMILES string of the molecule is CCCC1CC2=C3C(=C4C=CCCC41)CN1CC=CC=C1C3CCC2. The van der Waals surface area contributed by atoms with Crippen LogP contribution < -0.4 is 0 Å². The highest BCUT2D eigenvalue weighted by molar-refractivity contribution is 5.54. The molecule has 25 heavy (non-hydrogen) atoms. The van der Waals surface area contributed by atoms with Crippen LogP contribution in [0.2, 0.25) is 0 Å². The van der Waals surface area contributed by atoms with Gasteiger partial charge in [-0.15, -0.1) is 0 Å². The molecule has 5 aliphatic rings. The summed E-state index contributed by atoms with van der Waals surface area (Å²) in [7, 11) is 0. The molecule has 0 saturated carbocycles. The van der Waals surface area contributed by atoms with Gasteiger partial charge in [0.05, 0.1) is 0 Å². The largest absolute Gasteiger partial charge is 0.366 e. The van der Waals surface area contributed by atoms with Crippen LogP contribution >= 0.6 is 0 Å². The van der Waals surface area contributed by atoms with Gasteiger partial charge < -0.3 is 4.90 Å². The average Bonchev–Trinajstić information content (AvgIpc) is 2.79. The Morgan fingerprint density at radius 3 is 3.08 bits per heavy atom. The molecular formula is C24H31N. The molecule has 1 heteroatoms. The van der Waals surface area contributed by atoms with Crippen molar-refractivity contribution in [3.05, 3.63) is 58.4 Å². The molecule has 2 heterocycles. The summed E-state index contributed by atoms with van der Waals surface area (Å²) in [6, 6.07) is 0. The van der Waals surface area contributed by atoms with Crippen LogP contribution in [0.5, 0.6) is 0 Å². The van der Waals surface area contributed by atoms with E-state index >= 15 is 0 Å². The standard InChI is InChI=1S/C24H31N/c1-2-8-17-15-18-9-7-12-21-23-13-5-6-14-25(23)16-22(24(18)21)20-11-4-3-10-19(17)20/h4-6,11,13,17,19,21H,2-3,7-10,12,14-16H2,1H3. The first-order valence-electron chi connectivity index (χ1n) is 10.6. The molecule has 5 rings (SSSR count). The monoisotopic (exact) mass is 333 g/mol. The van der Waals surface area contributed by atoms with Crippen LogP contribution in [0.1, 0.15) is 58.3 Å². The number of hydrogen-bond donors (Lipinski definition) is 0. The Kier molecular flexibility index (Phi) is 3.99. The lowest BCUT2D eigenvalue weighted by atomic mass is 9.72. The van der Waals surface area contributed by atoms with Crippen LogP contribution in [0.4, 0.5) is 0 Å². The summed E-state index contributed by atoms with van der Waals surface area (Å²) in [6.07, 6.45) is 22.9. The quantitative estimate of drug-likeness (QED) is 0.605. The van der Waals surface area contributed by atoms with E-state index in [4.69, 9.17) is 0 Å². The van der Waals surface area contributed by atoms with Crippen molar-refractivity contribution < 1.29 is 0 Å². The average molecular weight is 334 g/mol. The van der Waals surface area contributed by atoms with E-state index in [0.29, 0.717) is 5.92 Å². The molecule has 0 aromatic carbocycles. The molecule has 3 unspecified atom stereocenters. The predicted octanol–water partition coefficient (Wildman–Crippen LogP) is 5.94. The third-order valence-electron chi connectivity index (χ3n) is 7.25. The fourth-order valence-corrected chi connectivity index (χ4v) is 6.27. The molecular weight excluding hydrogens is 302 g/mol. The number of rotatable bonds is 2. The van der Waals surface area contributed by atoms with Crippen LogP contribution in [0.25, 0.3) is 0 Å². The minimum atomic E-state index is 0.682. The van der Waals surface area contributed by atoms with Gasteiger partial charge in [0.1, 0.15) is 0 Å². The van der Waals surface area contributed by atoms with Crippen molar-refractivity contribution in [2.45, 2.75) is 58.3 Å². The van der Waals surface area contributed by atoms with Crippen LogP contribution in [0, 0.1) is 17.8 Å². The van der Waals surface area contributed by atoms with Crippen LogP contribution in [0.3, 0.4) is 0 Å². The van der Waals surface area contributed by atoms with Crippen LogP contribution in [-0.4, -0.2) is 18.0 Å². The Labute approximate surface area is 152 Å². The molecule has 0 aromatic heterocycles. The van der Waals surface area contributed by atoms with E-state index < -0.39 is 0 Å². The van der Waals surface area contributed by atoms with E-state index in [1.807, 2.05) is 5.57 Å². The smallest absolute Gasteiger partial charge is 0.0436 e. The number of piperidine rings is 1. The lowest BCUT2D eigenvalue weighted by Gasteiger charge is -2.44. The van der Waals surface area contributed by atoms with Crippen molar-refractivity contribution in [3.63, 3.8) is 0 Å². The zero-order valence-electron chi connectivity index (χ0n) is 15.6. The lowest BCUT2D eigenvalue weighted by molar-refractivity contribution is 0.318. The molecule has 3 atom stereocenters. The first kappa shape index (κ1) is 15.7. The first-order valence-corrected chi connectivity index (χ1v) is 10.6. The van der Waals surface area contributed by atoms with Crippen molar-refractivity contribution in [2.24, 2.45) is 17.8 Å². The Hall–Kier alpha value is -1.50. The summed E-state index contributed by atoms with van der Waals surface area (Å²) in [5.74, 6) is 2.38. The molecule has 132 valence electrons. The maximum absolute atomic E-state index is 2.67. The highest BCUT2D eigenvalue weighted by atomic mass is 15.2. The van der Waals surface area contributed by atoms with Gasteiger partial charge in [0.15, 0.2) is 0 Å². The highest BCUT2D eigenvalue weighted by Gasteiger charge is 2.41. The lowest BCUT2D eigenvalue weighted by Crippen LogP contribution is -2.39. The van der Waals surface area contributed by atoms with Gasteiger partial charge >= 0.3 is 0 Å². The van der Waals surface area contributed by atoms with Crippen LogP contribution in [-0.2, 0) is 0 Å². The molecule has 0 aromatic rings. The molecule has 0 spiro atoms. The number of fused-ring (bicyclic) bond motifs is 3. The Morgan fingerprint density at radius 1 is 1.20 bits per heavy atom. The molecule has 2 aliphatic heterocycles. The molecule has 0 amide bonds. The number of hydrogen-bond acceptors (Lipinski definition) is 1. The van der Waals surface area contributed by atoms with E-state index in [1.54, 1.807) is 22.4 Å². The van der Waals surface area contributed by atoms with Crippen molar-refractivity contribution in [2.75, 3.05) is 13.1 Å². The predicted molar refractivity (Wildman–Crippen MR) is 105 cm³/mol. The van der Waals surface area contributed by atoms with Crippen molar-refractivity contribution >= 4 is 0 Å². The fourth-order valence-electron chi connectivity index (χ4n) is 6.27. The third kappa shape index (κ3) is 2.50. The Morgan fingerprint density at radius 2 is 2.16 bits per heavy atom. The van der Waals surface area contributed by atoms with Gasteiger partial charge in [-0.3, -0.25) is 0 Å². The first-order chi connectivity index (χ1) is 12.4. The van der Waals surface area contributed by atoms with Crippen molar-refractivity contribution in [1.82, 2.24) is 4.90 Å². The second-order valence-electron chi connectivity index (χ2n) is 8.64. The summed E-state index contributed by atoms with van der Waals surface area (Å²) >= 11 is 0. The topological polar surface area (TPSA) is 3.24 Å². The van der Waals surface area contributed by atoms with E-state index in [0.717, 1.165) is 24.9 Å². The van der Waals surface area contributed by atoms with E-state index in [9.17, 15) is 0 Å². The third-order valence-corrected chi connectivity index (χ3v) is 7.25. The number of nitrogens with zero attached hydrogens (tertiary/aromatic N) is 1. The van der Waals surface area contributed by atoms with Gasteiger partial charge in [0.25, 0.3) is 0 Å². The maximum Gasteiger partial charge on any atom is 0.0436 e. The molecule has 1 nitrogen and oxygen atoms in total. The summed E-state index contributed by atoms with van der Waals surface area (Å²) in [6.45, 7) is 4.64. The van der Waals surface area contributed by atoms with E-state index in [1.165, 1.54) is 51.4 Å². The van der Waals surface area contributed by atoms with Gasteiger partial charge in [0, 0.05) is 24.7 Å². The normalized spacial score (nSPS) is 33.6. The van der Waals surface area contributed by atoms with E-state index in [2.05, 4.69) is 42.2 Å². The highest BCUT2D eigenvalue weighted by Crippen LogP contribution is 2.52. The molecule has 0 bridgehead atoms. The summed E-state index contributed by atoms with van der Waals surface area (Å²) < 4.78 is 0. The van der Waals surface area contributed by atoms with Crippen molar-refractivity contribution in [3.8, 4) is 0 Å². The van der Waals surface area contributed by atoms with E-state index in [-0.39, 0.29) is 0 Å². The van der Waals surface area contributed by atoms with Gasteiger partial charge in [-0.2, -0.15) is 0 Å². The summed E-state index contributed by atoms with van der Waals surface area (Å²) in [5.41, 5.74) is 8.73. The van der Waals surface area contributed by atoms with Gasteiger partial charge in [-0.05, 0) is 79.6 Å². The zero-order chi connectivity index (χ0) is 16.8. The second kappa shape index (κ2) is 6.34. The van der Waals surface area contributed by atoms with Gasteiger partial charge in [0.2, 0.25) is 0 Å². The Bertz CT molecular complexity index is 714. The summed E-state index contributed by atoms with van der Waals surface area (Å²) in [4.78, 5) is 2.67. The zero-order valence-corrected chi connectivity index (χ0v) is 15.6. The van der Waals surface area contributed by atoms with Gasteiger partial charge in [-0.25, -0.2) is 0 Å². The summed E-state index contributed by atoms with van der Waals surface area (Å²) in [5, 5.41) is 0. The number of allylic oxidation sites excluding steroid dienone is 7. The fraction of sp³-hybridized carbons (Fsp3) is 0.583. The molecule has 0 N–H and O–H groups in total.